The zero-order valence-electron chi connectivity index (χ0n) is 14.5. The molecule has 0 saturated heterocycles. The lowest BCUT2D eigenvalue weighted by Gasteiger charge is -2.14. The van der Waals surface area contributed by atoms with Crippen molar-refractivity contribution < 1.29 is 13.9 Å². The van der Waals surface area contributed by atoms with E-state index in [0.717, 1.165) is 35.5 Å². The first-order chi connectivity index (χ1) is 12.3. The van der Waals surface area contributed by atoms with Crippen LogP contribution in [0.5, 0.6) is 5.75 Å². The lowest BCUT2D eigenvalue weighted by molar-refractivity contribution is 0.0288. The van der Waals surface area contributed by atoms with E-state index in [2.05, 4.69) is 16.9 Å². The Morgan fingerprint density at radius 3 is 2.64 bits per heavy atom. The van der Waals surface area contributed by atoms with Crippen LogP contribution in [0.3, 0.4) is 0 Å². The number of hydrogen-bond acceptors (Lipinski definition) is 5. The molecule has 2 aromatic heterocycles. The van der Waals surface area contributed by atoms with Gasteiger partial charge in [0.1, 0.15) is 23.8 Å². The number of methoxy groups -OCH3 is 1. The topological polar surface area (TPSA) is 57.4 Å². The van der Waals surface area contributed by atoms with Gasteiger partial charge in [-0.2, -0.15) is 0 Å². The van der Waals surface area contributed by atoms with Crippen molar-refractivity contribution in [3.63, 3.8) is 0 Å². The van der Waals surface area contributed by atoms with Gasteiger partial charge in [-0.3, -0.25) is 4.98 Å². The maximum absolute atomic E-state index is 6.04. The van der Waals surface area contributed by atoms with E-state index < -0.39 is 0 Å². The molecule has 1 aromatic carbocycles. The molecule has 0 fully saturated rings. The fourth-order valence-electron chi connectivity index (χ4n) is 2.55. The molecule has 0 N–H and O–H groups in total. The Bertz CT molecular complexity index is 769. The van der Waals surface area contributed by atoms with Gasteiger partial charge in [0, 0.05) is 11.8 Å². The van der Waals surface area contributed by atoms with Gasteiger partial charge in [0.25, 0.3) is 0 Å². The minimum absolute atomic E-state index is 0.109. The van der Waals surface area contributed by atoms with Gasteiger partial charge < -0.3 is 13.9 Å². The molecule has 0 bridgehead atoms. The number of hydrogen-bond donors (Lipinski definition) is 0. The third kappa shape index (κ3) is 4.45. The Morgan fingerprint density at radius 1 is 1.12 bits per heavy atom. The van der Waals surface area contributed by atoms with E-state index in [9.17, 15) is 0 Å². The van der Waals surface area contributed by atoms with Gasteiger partial charge in [-0.1, -0.05) is 19.4 Å². The minimum atomic E-state index is -0.109. The monoisotopic (exact) mass is 338 g/mol. The second kappa shape index (κ2) is 8.44. The van der Waals surface area contributed by atoms with Crippen LogP contribution in [0.2, 0.25) is 0 Å². The lowest BCUT2D eigenvalue weighted by atomic mass is 10.1. The first-order valence-corrected chi connectivity index (χ1v) is 8.41. The number of aromatic nitrogens is 2. The summed E-state index contributed by atoms with van der Waals surface area (Å²) in [6, 6.07) is 13.4. The van der Waals surface area contributed by atoms with Gasteiger partial charge in [0.15, 0.2) is 0 Å². The highest BCUT2D eigenvalue weighted by Crippen LogP contribution is 2.27. The molecule has 3 rings (SSSR count). The molecule has 25 heavy (non-hydrogen) atoms. The van der Waals surface area contributed by atoms with Crippen LogP contribution in [0.15, 0.2) is 59.3 Å². The maximum Gasteiger partial charge on any atom is 0.226 e. The molecule has 2 heterocycles. The largest absolute Gasteiger partial charge is 0.497 e. The first kappa shape index (κ1) is 17.2. The maximum atomic E-state index is 6.04. The quantitative estimate of drug-likeness (QED) is 0.590. The number of ether oxygens (including phenoxy) is 2. The fraction of sp³-hybridized carbons (Fsp3) is 0.300. The first-order valence-electron chi connectivity index (χ1n) is 8.41. The van der Waals surface area contributed by atoms with Gasteiger partial charge >= 0.3 is 0 Å². The summed E-state index contributed by atoms with van der Waals surface area (Å²) < 4.78 is 16.9. The summed E-state index contributed by atoms with van der Waals surface area (Å²) in [7, 11) is 1.65. The normalized spacial score (nSPS) is 12.1. The van der Waals surface area contributed by atoms with Crippen molar-refractivity contribution in [1.82, 2.24) is 9.97 Å². The third-order valence-electron chi connectivity index (χ3n) is 3.90. The SMILES string of the molecule is CCCC(OCc1ccccn1)c1coc(-c2ccc(OC)cc2)n1. The average Bonchev–Trinajstić information content (AvgIpc) is 3.16. The molecule has 5 nitrogen and oxygen atoms in total. The summed E-state index contributed by atoms with van der Waals surface area (Å²) in [6.45, 7) is 2.58. The van der Waals surface area contributed by atoms with E-state index in [4.69, 9.17) is 13.9 Å². The smallest absolute Gasteiger partial charge is 0.226 e. The van der Waals surface area contributed by atoms with Crippen molar-refractivity contribution in [2.24, 2.45) is 0 Å². The molecular weight excluding hydrogens is 316 g/mol. The summed E-state index contributed by atoms with van der Waals surface area (Å²) in [6.07, 6.45) is 5.21. The molecule has 0 aliphatic carbocycles. The number of benzene rings is 1. The van der Waals surface area contributed by atoms with Crippen LogP contribution in [-0.4, -0.2) is 17.1 Å². The molecule has 5 heteroatoms. The van der Waals surface area contributed by atoms with E-state index in [-0.39, 0.29) is 6.10 Å². The van der Waals surface area contributed by atoms with Gasteiger partial charge in [0.05, 0.1) is 19.4 Å². The van der Waals surface area contributed by atoms with Crippen molar-refractivity contribution in [2.45, 2.75) is 32.5 Å². The summed E-state index contributed by atoms with van der Waals surface area (Å²) in [5, 5.41) is 0. The highest BCUT2D eigenvalue weighted by atomic mass is 16.5. The van der Waals surface area contributed by atoms with Crippen LogP contribution in [-0.2, 0) is 11.3 Å². The number of oxazole rings is 1. The molecule has 0 aliphatic heterocycles. The Kier molecular flexibility index (Phi) is 5.80. The number of rotatable bonds is 8. The molecule has 0 spiro atoms. The predicted molar refractivity (Wildman–Crippen MR) is 95.2 cm³/mol. The zero-order valence-corrected chi connectivity index (χ0v) is 14.5. The van der Waals surface area contributed by atoms with Crippen molar-refractivity contribution in [2.75, 3.05) is 7.11 Å². The summed E-state index contributed by atoms with van der Waals surface area (Å²) in [5.41, 5.74) is 2.62. The molecule has 0 radical (unpaired) electrons. The fourth-order valence-corrected chi connectivity index (χ4v) is 2.55. The minimum Gasteiger partial charge on any atom is -0.497 e. The van der Waals surface area contributed by atoms with Crippen LogP contribution >= 0.6 is 0 Å². The average molecular weight is 338 g/mol. The Hall–Kier alpha value is -2.66. The van der Waals surface area contributed by atoms with E-state index in [0.29, 0.717) is 12.5 Å². The van der Waals surface area contributed by atoms with Gasteiger partial charge in [0.2, 0.25) is 5.89 Å². The second-order valence-corrected chi connectivity index (χ2v) is 5.72. The third-order valence-corrected chi connectivity index (χ3v) is 3.90. The zero-order chi connectivity index (χ0) is 17.5. The van der Waals surface area contributed by atoms with Crippen LogP contribution in [0.1, 0.15) is 37.3 Å². The number of pyridine rings is 1. The standard InChI is InChI=1S/C20H22N2O3/c1-3-6-19(24-13-16-7-4-5-12-21-16)18-14-25-20(22-18)15-8-10-17(23-2)11-9-15/h4-5,7-12,14,19H,3,6,13H2,1-2H3. The molecule has 0 aliphatic rings. The lowest BCUT2D eigenvalue weighted by Crippen LogP contribution is -2.06. The van der Waals surface area contributed by atoms with Gasteiger partial charge in [-0.15, -0.1) is 0 Å². The van der Waals surface area contributed by atoms with Crippen molar-refractivity contribution in [3.8, 4) is 17.2 Å². The molecule has 1 atom stereocenters. The highest BCUT2D eigenvalue weighted by molar-refractivity contribution is 5.54. The predicted octanol–water partition coefficient (Wildman–Crippen LogP) is 4.80. The van der Waals surface area contributed by atoms with Crippen LogP contribution in [0.4, 0.5) is 0 Å². The summed E-state index contributed by atoms with van der Waals surface area (Å²) in [4.78, 5) is 8.91. The molecule has 0 saturated carbocycles. The summed E-state index contributed by atoms with van der Waals surface area (Å²) in [5.74, 6) is 1.39. The van der Waals surface area contributed by atoms with Crippen LogP contribution in [0.25, 0.3) is 11.5 Å². The Morgan fingerprint density at radius 2 is 1.96 bits per heavy atom. The van der Waals surface area contributed by atoms with Crippen LogP contribution in [0, 0.1) is 0 Å². The highest BCUT2D eigenvalue weighted by Gasteiger charge is 2.17. The van der Waals surface area contributed by atoms with E-state index in [1.165, 1.54) is 0 Å². The van der Waals surface area contributed by atoms with E-state index in [1.807, 2.05) is 42.5 Å². The molecular formula is C20H22N2O3. The number of nitrogens with zero attached hydrogens (tertiary/aromatic N) is 2. The molecule has 3 aromatic rings. The summed E-state index contributed by atoms with van der Waals surface area (Å²) >= 11 is 0. The van der Waals surface area contributed by atoms with Gasteiger partial charge in [-0.25, -0.2) is 4.98 Å². The van der Waals surface area contributed by atoms with Crippen LogP contribution < -0.4 is 4.74 Å². The van der Waals surface area contributed by atoms with Crippen molar-refractivity contribution in [3.05, 3.63) is 66.3 Å². The molecule has 1 unspecified atom stereocenters. The second-order valence-electron chi connectivity index (χ2n) is 5.72. The van der Waals surface area contributed by atoms with Gasteiger partial charge in [-0.05, 0) is 42.8 Å². The molecule has 0 amide bonds. The molecule has 130 valence electrons. The van der Waals surface area contributed by atoms with Crippen molar-refractivity contribution >= 4 is 0 Å². The van der Waals surface area contributed by atoms with E-state index >= 15 is 0 Å². The Balaban J connectivity index is 1.72. The Labute approximate surface area is 147 Å². The van der Waals surface area contributed by atoms with E-state index in [1.54, 1.807) is 19.6 Å². The van der Waals surface area contributed by atoms with Crippen molar-refractivity contribution in [1.29, 1.82) is 0 Å².